The molecular weight excluding hydrogens is 357 g/mol. The molecule has 134 valence electrons. The van der Waals surface area contributed by atoms with Crippen LogP contribution in [0.2, 0.25) is 5.02 Å². The molecule has 2 aromatic carbocycles. The summed E-state index contributed by atoms with van der Waals surface area (Å²) >= 11 is 6.05. The number of aryl methyl sites for hydroxylation is 1. The lowest BCUT2D eigenvalue weighted by molar-refractivity contribution is -0.122. The van der Waals surface area contributed by atoms with Gasteiger partial charge >= 0.3 is 0 Å². The van der Waals surface area contributed by atoms with Crippen molar-refractivity contribution < 1.29 is 13.9 Å². The first-order chi connectivity index (χ1) is 12.4. The zero-order chi connectivity index (χ0) is 18.7. The summed E-state index contributed by atoms with van der Waals surface area (Å²) in [6, 6.07) is 14.5. The molecule has 1 aromatic heterocycles. The number of hydrogen-bond acceptors (Lipinski definition) is 3. The summed E-state index contributed by atoms with van der Waals surface area (Å²) in [5.41, 5.74) is 1.35. The SMILES string of the molecule is Cc1cc(NC(=O)C(C)Oc2ccccc2Cl)n(-c2ccc(F)cc2)n1. The molecular formula is C19H17ClFN3O2. The van der Waals surface area contributed by atoms with Crippen molar-refractivity contribution in [2.45, 2.75) is 20.0 Å². The van der Waals surface area contributed by atoms with E-state index < -0.39 is 6.10 Å². The van der Waals surface area contributed by atoms with Gasteiger partial charge in [-0.3, -0.25) is 4.79 Å². The summed E-state index contributed by atoms with van der Waals surface area (Å²) in [4.78, 5) is 12.5. The van der Waals surface area contributed by atoms with Crippen LogP contribution in [0.3, 0.4) is 0 Å². The zero-order valence-corrected chi connectivity index (χ0v) is 15.0. The van der Waals surface area contributed by atoms with Crippen molar-refractivity contribution in [3.8, 4) is 11.4 Å². The topological polar surface area (TPSA) is 56.1 Å². The minimum Gasteiger partial charge on any atom is -0.479 e. The Morgan fingerprint density at radius 1 is 1.23 bits per heavy atom. The predicted molar refractivity (Wildman–Crippen MR) is 98.4 cm³/mol. The fourth-order valence-electron chi connectivity index (χ4n) is 2.38. The molecule has 0 spiro atoms. The third-order valence-corrected chi connectivity index (χ3v) is 3.98. The van der Waals surface area contributed by atoms with Crippen LogP contribution in [-0.2, 0) is 4.79 Å². The minimum absolute atomic E-state index is 0.343. The molecule has 3 rings (SSSR count). The molecule has 0 aliphatic rings. The van der Waals surface area contributed by atoms with E-state index in [9.17, 15) is 9.18 Å². The number of nitrogens with zero attached hydrogens (tertiary/aromatic N) is 2. The third-order valence-electron chi connectivity index (χ3n) is 3.66. The highest BCUT2D eigenvalue weighted by molar-refractivity contribution is 6.32. The summed E-state index contributed by atoms with van der Waals surface area (Å²) in [5.74, 6) is 0.201. The molecule has 0 radical (unpaired) electrons. The standard InChI is InChI=1S/C19H17ClFN3O2/c1-12-11-18(24(23-12)15-9-7-14(21)8-10-15)22-19(25)13(2)26-17-6-4-3-5-16(17)20/h3-11,13H,1-2H3,(H,22,25). The molecule has 7 heteroatoms. The molecule has 5 nitrogen and oxygen atoms in total. The first-order valence-corrected chi connectivity index (χ1v) is 8.36. The highest BCUT2D eigenvalue weighted by atomic mass is 35.5. The van der Waals surface area contributed by atoms with Crippen molar-refractivity contribution in [1.82, 2.24) is 9.78 Å². The summed E-state index contributed by atoms with van der Waals surface area (Å²) < 4.78 is 20.3. The molecule has 1 heterocycles. The lowest BCUT2D eigenvalue weighted by atomic mass is 10.3. The number of para-hydroxylation sites is 1. The lowest BCUT2D eigenvalue weighted by Gasteiger charge is -2.16. The van der Waals surface area contributed by atoms with Crippen LogP contribution in [0.15, 0.2) is 54.6 Å². The Kier molecular flexibility index (Phi) is 5.23. The van der Waals surface area contributed by atoms with Crippen LogP contribution in [0, 0.1) is 12.7 Å². The Labute approximate surface area is 155 Å². The van der Waals surface area contributed by atoms with Crippen LogP contribution in [0.4, 0.5) is 10.2 Å². The molecule has 1 unspecified atom stereocenters. The fourth-order valence-corrected chi connectivity index (χ4v) is 2.56. The van der Waals surface area contributed by atoms with E-state index in [1.807, 2.05) is 0 Å². The number of aromatic nitrogens is 2. The van der Waals surface area contributed by atoms with Gasteiger partial charge in [0.15, 0.2) is 6.10 Å². The maximum absolute atomic E-state index is 13.1. The van der Waals surface area contributed by atoms with Gasteiger partial charge in [0.25, 0.3) is 5.91 Å². The van der Waals surface area contributed by atoms with Gasteiger partial charge in [-0.05, 0) is 50.2 Å². The number of carbonyl (C=O) groups is 1. The van der Waals surface area contributed by atoms with Gasteiger partial charge < -0.3 is 10.1 Å². The van der Waals surface area contributed by atoms with Crippen LogP contribution in [0.5, 0.6) is 5.75 Å². The van der Waals surface area contributed by atoms with E-state index in [1.54, 1.807) is 56.3 Å². The second-order valence-corrected chi connectivity index (χ2v) is 6.15. The number of anilines is 1. The van der Waals surface area contributed by atoms with Crippen molar-refractivity contribution in [3.63, 3.8) is 0 Å². The van der Waals surface area contributed by atoms with Crippen LogP contribution in [0.1, 0.15) is 12.6 Å². The number of ether oxygens (including phenoxy) is 1. The molecule has 0 saturated carbocycles. The van der Waals surface area contributed by atoms with Gasteiger partial charge in [-0.2, -0.15) is 5.10 Å². The molecule has 0 aliphatic carbocycles. The molecule has 0 aliphatic heterocycles. The van der Waals surface area contributed by atoms with E-state index in [-0.39, 0.29) is 11.7 Å². The Hall–Kier alpha value is -2.86. The van der Waals surface area contributed by atoms with Gasteiger partial charge in [-0.15, -0.1) is 0 Å². The maximum Gasteiger partial charge on any atom is 0.266 e. The van der Waals surface area contributed by atoms with Crippen LogP contribution >= 0.6 is 11.6 Å². The monoisotopic (exact) mass is 373 g/mol. The molecule has 0 bridgehead atoms. The largest absolute Gasteiger partial charge is 0.479 e. The van der Waals surface area contributed by atoms with Gasteiger partial charge in [0.1, 0.15) is 17.4 Å². The summed E-state index contributed by atoms with van der Waals surface area (Å²) in [6.45, 7) is 3.43. The molecule has 1 N–H and O–H groups in total. The minimum atomic E-state index is -0.772. The van der Waals surface area contributed by atoms with Gasteiger partial charge in [0, 0.05) is 6.07 Å². The quantitative estimate of drug-likeness (QED) is 0.722. The van der Waals surface area contributed by atoms with Crippen molar-refractivity contribution in [1.29, 1.82) is 0 Å². The number of carbonyl (C=O) groups excluding carboxylic acids is 1. The van der Waals surface area contributed by atoms with Crippen LogP contribution in [0.25, 0.3) is 5.69 Å². The summed E-state index contributed by atoms with van der Waals surface area (Å²) in [6.07, 6.45) is -0.772. The van der Waals surface area contributed by atoms with E-state index in [0.717, 1.165) is 0 Å². The lowest BCUT2D eigenvalue weighted by Crippen LogP contribution is -2.31. The second kappa shape index (κ2) is 7.58. The van der Waals surface area contributed by atoms with Crippen molar-refractivity contribution in [2.24, 2.45) is 0 Å². The van der Waals surface area contributed by atoms with Crippen LogP contribution < -0.4 is 10.1 Å². The first-order valence-electron chi connectivity index (χ1n) is 7.98. The first kappa shape index (κ1) is 17.9. The Morgan fingerprint density at radius 3 is 2.62 bits per heavy atom. The highest BCUT2D eigenvalue weighted by Gasteiger charge is 2.19. The normalized spacial score (nSPS) is 11.8. The second-order valence-electron chi connectivity index (χ2n) is 5.74. The van der Waals surface area contributed by atoms with Crippen molar-refractivity contribution in [3.05, 3.63) is 71.1 Å². The van der Waals surface area contributed by atoms with Crippen LogP contribution in [-0.4, -0.2) is 21.8 Å². The molecule has 1 atom stereocenters. The van der Waals surface area contributed by atoms with Crippen molar-refractivity contribution >= 4 is 23.3 Å². The smallest absolute Gasteiger partial charge is 0.266 e. The number of benzene rings is 2. The van der Waals surface area contributed by atoms with E-state index >= 15 is 0 Å². The fraction of sp³-hybridized carbons (Fsp3) is 0.158. The number of amides is 1. The van der Waals surface area contributed by atoms with E-state index in [1.165, 1.54) is 16.8 Å². The molecule has 0 saturated heterocycles. The van der Waals surface area contributed by atoms with E-state index in [2.05, 4.69) is 10.4 Å². The molecule has 1 amide bonds. The van der Waals surface area contributed by atoms with Crippen molar-refractivity contribution in [2.75, 3.05) is 5.32 Å². The van der Waals surface area contributed by atoms with Gasteiger partial charge in [0.2, 0.25) is 0 Å². The molecule has 3 aromatic rings. The third kappa shape index (κ3) is 4.03. The Bertz CT molecular complexity index is 925. The predicted octanol–water partition coefficient (Wildman–Crippen LogP) is 4.38. The number of hydrogen-bond donors (Lipinski definition) is 1. The average Bonchev–Trinajstić information content (AvgIpc) is 2.97. The van der Waals surface area contributed by atoms with Gasteiger partial charge in [-0.1, -0.05) is 23.7 Å². The number of rotatable bonds is 5. The average molecular weight is 374 g/mol. The number of halogens is 2. The van der Waals surface area contributed by atoms with E-state index in [0.29, 0.717) is 28.0 Å². The molecule has 0 fully saturated rings. The molecule has 26 heavy (non-hydrogen) atoms. The summed E-state index contributed by atoms with van der Waals surface area (Å²) in [5, 5.41) is 7.55. The van der Waals surface area contributed by atoms with Gasteiger partial charge in [0.05, 0.1) is 16.4 Å². The number of nitrogens with one attached hydrogen (secondary N) is 1. The van der Waals surface area contributed by atoms with E-state index in [4.69, 9.17) is 16.3 Å². The summed E-state index contributed by atoms with van der Waals surface area (Å²) in [7, 11) is 0. The Morgan fingerprint density at radius 2 is 1.92 bits per heavy atom. The Balaban J connectivity index is 1.77. The zero-order valence-electron chi connectivity index (χ0n) is 14.2. The van der Waals surface area contributed by atoms with Gasteiger partial charge in [-0.25, -0.2) is 9.07 Å². The maximum atomic E-state index is 13.1. The highest BCUT2D eigenvalue weighted by Crippen LogP contribution is 2.25.